The molecule has 3 saturated carbocycles. The van der Waals surface area contributed by atoms with Crippen LogP contribution in [0.5, 0.6) is 5.75 Å². The molecule has 1 aromatic carbocycles. The van der Waals surface area contributed by atoms with E-state index in [1.165, 1.54) is 51.4 Å². The number of fused-ring (bicyclic) bond motifs is 5. The highest BCUT2D eigenvalue weighted by Crippen LogP contribution is 2.67. The number of hydrogen-bond donors (Lipinski definition) is 0. The highest BCUT2D eigenvalue weighted by atomic mass is 16.7. The summed E-state index contributed by atoms with van der Waals surface area (Å²) in [6.07, 6.45) is 15.9. The predicted molar refractivity (Wildman–Crippen MR) is 160 cm³/mol. The van der Waals surface area contributed by atoms with E-state index < -0.39 is 6.16 Å². The molecule has 0 aliphatic heterocycles. The van der Waals surface area contributed by atoms with Crippen LogP contribution < -0.4 is 4.74 Å². The second-order valence-corrected chi connectivity index (χ2v) is 14.6. The first-order valence-corrected chi connectivity index (χ1v) is 16.3. The molecule has 1 aromatic rings. The predicted octanol–water partition coefficient (Wildman–Crippen LogP) is 10.2. The quantitative estimate of drug-likeness (QED) is 0.189. The van der Waals surface area contributed by atoms with Gasteiger partial charge >= 0.3 is 6.16 Å². The second kappa shape index (κ2) is 11.6. The number of allylic oxidation sites excluding steroid dienone is 1. The molecule has 3 nitrogen and oxygen atoms in total. The molecular weight excluding hydrogens is 480 g/mol. The molecule has 0 saturated heterocycles. The normalized spacial score (nSPS) is 37.2. The van der Waals surface area contributed by atoms with Gasteiger partial charge in [0.25, 0.3) is 0 Å². The SMILES string of the molecule is CC[C@H](CC[C@@H](C)[C@H]1CC[C@H]2[C@H]3CC=C4CC(OC(=O)Oc5ccccc5)CC[C@@]4(C)[C@H]3CC[C@]12C)C(C)C. The molecule has 216 valence electrons. The van der Waals surface area contributed by atoms with Crippen molar-refractivity contribution in [1.29, 1.82) is 0 Å². The van der Waals surface area contributed by atoms with Gasteiger partial charge in [0.15, 0.2) is 0 Å². The lowest BCUT2D eigenvalue weighted by molar-refractivity contribution is -0.0599. The molecule has 3 fully saturated rings. The number of rotatable bonds is 8. The topological polar surface area (TPSA) is 35.5 Å². The van der Waals surface area contributed by atoms with Crippen molar-refractivity contribution in [3.05, 3.63) is 42.0 Å². The first-order chi connectivity index (χ1) is 18.7. The van der Waals surface area contributed by atoms with Crippen molar-refractivity contribution in [1.82, 2.24) is 0 Å². The molecule has 0 heterocycles. The molecule has 4 aliphatic carbocycles. The Morgan fingerprint density at radius 2 is 1.74 bits per heavy atom. The first kappa shape index (κ1) is 28.7. The van der Waals surface area contributed by atoms with Gasteiger partial charge in [0, 0.05) is 6.42 Å². The summed E-state index contributed by atoms with van der Waals surface area (Å²) in [6, 6.07) is 9.24. The highest BCUT2D eigenvalue weighted by molar-refractivity contribution is 5.64. The molecule has 5 rings (SSSR count). The van der Waals surface area contributed by atoms with Crippen molar-refractivity contribution in [2.75, 3.05) is 0 Å². The van der Waals surface area contributed by atoms with E-state index in [0.29, 0.717) is 11.2 Å². The Labute approximate surface area is 238 Å². The summed E-state index contributed by atoms with van der Waals surface area (Å²) in [5.41, 5.74) is 2.34. The number of para-hydroxylation sites is 1. The van der Waals surface area contributed by atoms with Crippen LogP contribution in [0.3, 0.4) is 0 Å². The number of ether oxygens (including phenoxy) is 2. The number of hydrogen-bond acceptors (Lipinski definition) is 3. The Hall–Kier alpha value is -1.77. The van der Waals surface area contributed by atoms with Crippen molar-refractivity contribution in [3.8, 4) is 5.75 Å². The zero-order valence-electron chi connectivity index (χ0n) is 25.6. The molecule has 0 bridgehead atoms. The van der Waals surface area contributed by atoms with Gasteiger partial charge in [-0.25, -0.2) is 4.79 Å². The lowest BCUT2D eigenvalue weighted by Crippen LogP contribution is -2.51. The Balaban J connectivity index is 1.22. The Kier molecular flexibility index (Phi) is 8.56. The second-order valence-electron chi connectivity index (χ2n) is 14.6. The molecule has 0 spiro atoms. The molecule has 0 N–H and O–H groups in total. The summed E-state index contributed by atoms with van der Waals surface area (Å²) in [6.45, 7) is 15.0. The maximum Gasteiger partial charge on any atom is 0.514 e. The molecule has 0 amide bonds. The third-order valence-electron chi connectivity index (χ3n) is 12.5. The van der Waals surface area contributed by atoms with E-state index in [1.807, 2.05) is 18.2 Å². The van der Waals surface area contributed by atoms with Crippen LogP contribution >= 0.6 is 0 Å². The van der Waals surface area contributed by atoms with Crippen LogP contribution in [-0.2, 0) is 4.74 Å². The van der Waals surface area contributed by atoms with Crippen molar-refractivity contribution in [2.24, 2.45) is 52.3 Å². The minimum absolute atomic E-state index is 0.0690. The van der Waals surface area contributed by atoms with E-state index in [1.54, 1.807) is 17.7 Å². The third kappa shape index (κ3) is 5.58. The maximum absolute atomic E-state index is 12.5. The van der Waals surface area contributed by atoms with E-state index in [0.717, 1.165) is 60.7 Å². The van der Waals surface area contributed by atoms with Gasteiger partial charge in [0.1, 0.15) is 11.9 Å². The van der Waals surface area contributed by atoms with Crippen molar-refractivity contribution in [2.45, 2.75) is 118 Å². The molecule has 39 heavy (non-hydrogen) atoms. The summed E-state index contributed by atoms with van der Waals surface area (Å²) >= 11 is 0. The van der Waals surface area contributed by atoms with Gasteiger partial charge in [-0.1, -0.05) is 84.2 Å². The Morgan fingerprint density at radius 1 is 0.974 bits per heavy atom. The molecule has 0 aromatic heterocycles. The van der Waals surface area contributed by atoms with E-state index in [9.17, 15) is 4.79 Å². The average molecular weight is 535 g/mol. The summed E-state index contributed by atoms with van der Waals surface area (Å²) in [5, 5.41) is 0. The van der Waals surface area contributed by atoms with Gasteiger partial charge in [-0.3, -0.25) is 0 Å². The van der Waals surface area contributed by atoms with Crippen LogP contribution in [-0.4, -0.2) is 12.3 Å². The largest absolute Gasteiger partial charge is 0.514 e. The smallest absolute Gasteiger partial charge is 0.430 e. The van der Waals surface area contributed by atoms with Gasteiger partial charge in [0.2, 0.25) is 0 Å². The van der Waals surface area contributed by atoms with Gasteiger partial charge in [0.05, 0.1) is 0 Å². The zero-order valence-corrected chi connectivity index (χ0v) is 25.6. The standard InChI is InChI=1S/C36H54O3/c1-7-26(24(2)3)14-13-25(4)31-17-18-32-30-16-15-27-23-29(39-34(37)38-28-11-9-8-10-12-28)19-21-35(27,5)33(30)20-22-36(31,32)6/h8-12,15,24-26,29-33H,7,13-14,16-23H2,1-6H3/t25-,26-,29?,30-,31-,32+,33+,35-,36-/m1/s1. The van der Waals surface area contributed by atoms with Gasteiger partial charge in [-0.05, 0) is 116 Å². The van der Waals surface area contributed by atoms with Crippen LogP contribution in [0.2, 0.25) is 0 Å². The zero-order chi connectivity index (χ0) is 27.8. The average Bonchev–Trinajstić information content (AvgIpc) is 3.27. The first-order valence-electron chi connectivity index (χ1n) is 16.3. The lowest BCUT2D eigenvalue weighted by atomic mass is 9.47. The summed E-state index contributed by atoms with van der Waals surface area (Å²) < 4.78 is 11.2. The highest BCUT2D eigenvalue weighted by Gasteiger charge is 2.59. The summed E-state index contributed by atoms with van der Waals surface area (Å²) in [5.74, 6) is 6.46. The van der Waals surface area contributed by atoms with Gasteiger partial charge < -0.3 is 9.47 Å². The van der Waals surface area contributed by atoms with Crippen LogP contribution in [0, 0.1) is 52.3 Å². The minimum Gasteiger partial charge on any atom is -0.430 e. The molecule has 0 radical (unpaired) electrons. The monoisotopic (exact) mass is 534 g/mol. The molecule has 1 unspecified atom stereocenters. The van der Waals surface area contributed by atoms with Crippen molar-refractivity contribution in [3.63, 3.8) is 0 Å². The summed E-state index contributed by atoms with van der Waals surface area (Å²) in [7, 11) is 0. The third-order valence-corrected chi connectivity index (χ3v) is 12.5. The molecule has 4 aliphatic rings. The van der Waals surface area contributed by atoms with E-state index in [-0.39, 0.29) is 11.5 Å². The van der Waals surface area contributed by atoms with Crippen molar-refractivity contribution >= 4 is 6.16 Å². The van der Waals surface area contributed by atoms with Crippen LogP contribution in [0.1, 0.15) is 112 Å². The Morgan fingerprint density at radius 3 is 2.46 bits per heavy atom. The van der Waals surface area contributed by atoms with Crippen LogP contribution in [0.15, 0.2) is 42.0 Å². The van der Waals surface area contributed by atoms with Gasteiger partial charge in [-0.2, -0.15) is 0 Å². The molecule has 3 heteroatoms. The van der Waals surface area contributed by atoms with Crippen LogP contribution in [0.4, 0.5) is 4.79 Å². The van der Waals surface area contributed by atoms with E-state index in [2.05, 4.69) is 47.6 Å². The van der Waals surface area contributed by atoms with E-state index >= 15 is 0 Å². The Bertz CT molecular complexity index is 1010. The number of carbonyl (C=O) groups is 1. The lowest BCUT2D eigenvalue weighted by Gasteiger charge is -2.58. The fraction of sp³-hybridized carbons (Fsp3) is 0.750. The maximum atomic E-state index is 12.5. The fourth-order valence-corrected chi connectivity index (χ4v) is 10.1. The summed E-state index contributed by atoms with van der Waals surface area (Å²) in [4.78, 5) is 12.5. The van der Waals surface area contributed by atoms with Crippen molar-refractivity contribution < 1.29 is 14.3 Å². The van der Waals surface area contributed by atoms with Gasteiger partial charge in [-0.15, -0.1) is 0 Å². The van der Waals surface area contributed by atoms with E-state index in [4.69, 9.17) is 9.47 Å². The number of carbonyl (C=O) groups excluding carboxylic acids is 1. The number of benzene rings is 1. The molecular formula is C36H54O3. The van der Waals surface area contributed by atoms with Crippen LogP contribution in [0.25, 0.3) is 0 Å². The molecule has 9 atom stereocenters. The minimum atomic E-state index is -0.567. The fourth-order valence-electron chi connectivity index (χ4n) is 10.1.